The molecule has 3 aromatic carbocycles. The molecule has 5 N–H and O–H groups in total. The molecule has 0 radical (unpaired) electrons. The third-order valence-electron chi connectivity index (χ3n) is 5.04. The lowest BCUT2D eigenvalue weighted by Gasteiger charge is -2.35. The van der Waals surface area contributed by atoms with Gasteiger partial charge in [0.05, 0.1) is 23.2 Å². The quantitative estimate of drug-likeness (QED) is 0.211. The van der Waals surface area contributed by atoms with E-state index in [4.69, 9.17) is 4.42 Å². The number of hydrogen-bond acceptors (Lipinski definition) is 7. The van der Waals surface area contributed by atoms with Gasteiger partial charge >= 0.3 is 11.9 Å². The van der Waals surface area contributed by atoms with Crippen LogP contribution in [0.2, 0.25) is 0 Å². The maximum Gasteiger partial charge on any atom is 0.311 e. The molecule has 0 atom stereocenters. The second-order valence-electron chi connectivity index (χ2n) is 7.76. The molecule has 9 nitrogen and oxygen atoms in total. The molecule has 4 aromatic rings. The molecule has 0 unspecified atom stereocenters. The van der Waals surface area contributed by atoms with Crippen molar-refractivity contribution < 1.29 is 28.2 Å². The molecule has 10 heteroatoms. The minimum atomic E-state index is -3.66. The Bertz CT molecular complexity index is 1350. The minimum absolute atomic E-state index is 0.0457. The summed E-state index contributed by atoms with van der Waals surface area (Å²) in [5.74, 6) is -1.54. The van der Waals surface area contributed by atoms with Gasteiger partial charge < -0.3 is 14.8 Å². The first-order valence-electron chi connectivity index (χ1n) is 10.5. The Balaban J connectivity index is 1.59. The number of benzene rings is 3. The van der Waals surface area contributed by atoms with Crippen LogP contribution in [0.4, 0.5) is 11.4 Å². The van der Waals surface area contributed by atoms with Gasteiger partial charge in [-0.15, -0.1) is 0 Å². The standard InChI is InChI=1S/C25H23N3O6S/c1-16-7-10-19(11-8-16)28-35(32,33)22-14-20(12-9-18(22)13-23(29)30)27-24(31)25-26-15-21(34-25)17-5-3-2-4-6-17/h2-12,14-15,28,32-33H,13H2,1H3,(H,27,31)(H,29,30). The molecule has 1 heterocycles. The summed E-state index contributed by atoms with van der Waals surface area (Å²) in [5, 5.41) is 11.9. The van der Waals surface area contributed by atoms with E-state index in [0.717, 1.165) is 11.1 Å². The Morgan fingerprint density at radius 2 is 1.66 bits per heavy atom. The highest BCUT2D eigenvalue weighted by molar-refractivity contribution is 8.25. The van der Waals surface area contributed by atoms with E-state index in [0.29, 0.717) is 11.4 Å². The summed E-state index contributed by atoms with van der Waals surface area (Å²) in [6.07, 6.45) is 1.00. The second-order valence-corrected chi connectivity index (χ2v) is 9.50. The molecule has 0 saturated heterocycles. The van der Waals surface area contributed by atoms with Crippen LogP contribution in [0, 0.1) is 6.92 Å². The summed E-state index contributed by atoms with van der Waals surface area (Å²) >= 11 is 0. The summed E-state index contributed by atoms with van der Waals surface area (Å²) in [6, 6.07) is 20.4. The van der Waals surface area contributed by atoms with Gasteiger partial charge in [-0.05, 0) is 36.8 Å². The van der Waals surface area contributed by atoms with Crippen LogP contribution in [0.25, 0.3) is 11.3 Å². The number of carboxylic acid groups (broad SMARTS) is 1. The summed E-state index contributed by atoms with van der Waals surface area (Å²) in [4.78, 5) is 28.0. The molecular formula is C25H23N3O6S. The molecule has 35 heavy (non-hydrogen) atoms. The van der Waals surface area contributed by atoms with Gasteiger partial charge in [0.25, 0.3) is 5.89 Å². The monoisotopic (exact) mass is 493 g/mol. The third kappa shape index (κ3) is 5.87. The Labute approximate surface area is 202 Å². The summed E-state index contributed by atoms with van der Waals surface area (Å²) in [6.45, 7) is 1.90. The minimum Gasteiger partial charge on any atom is -0.481 e. The van der Waals surface area contributed by atoms with Crippen molar-refractivity contribution in [2.45, 2.75) is 18.2 Å². The van der Waals surface area contributed by atoms with Crippen LogP contribution in [-0.4, -0.2) is 31.1 Å². The van der Waals surface area contributed by atoms with Gasteiger partial charge in [-0.1, -0.05) is 64.9 Å². The van der Waals surface area contributed by atoms with E-state index in [1.807, 2.05) is 37.3 Å². The van der Waals surface area contributed by atoms with Crippen molar-refractivity contribution >= 4 is 34.0 Å². The molecule has 0 fully saturated rings. The van der Waals surface area contributed by atoms with Gasteiger partial charge in [0.15, 0.2) is 5.76 Å². The predicted molar refractivity (Wildman–Crippen MR) is 134 cm³/mol. The first kappa shape index (κ1) is 24.0. The lowest BCUT2D eigenvalue weighted by atomic mass is 10.1. The zero-order chi connectivity index (χ0) is 25.0. The molecule has 4 rings (SSSR count). The topological polar surface area (TPSA) is 145 Å². The molecule has 180 valence electrons. The zero-order valence-corrected chi connectivity index (χ0v) is 19.5. The SMILES string of the molecule is Cc1ccc(NS(O)(O)c2cc(NC(=O)c3ncc(-c4ccccc4)o3)ccc2CC(=O)O)cc1. The Kier molecular flexibility index (Phi) is 6.87. The van der Waals surface area contributed by atoms with Crippen molar-refractivity contribution in [2.75, 3.05) is 10.0 Å². The van der Waals surface area contributed by atoms with Crippen molar-refractivity contribution in [3.05, 3.63) is 96.0 Å². The Morgan fingerprint density at radius 3 is 2.34 bits per heavy atom. The lowest BCUT2D eigenvalue weighted by molar-refractivity contribution is -0.136. The number of anilines is 2. The van der Waals surface area contributed by atoms with Crippen molar-refractivity contribution in [3.63, 3.8) is 0 Å². The van der Waals surface area contributed by atoms with E-state index < -0.39 is 29.1 Å². The van der Waals surface area contributed by atoms with Crippen LogP contribution >= 0.6 is 10.8 Å². The van der Waals surface area contributed by atoms with Gasteiger partial charge in [-0.25, -0.2) is 4.98 Å². The molecule has 0 aliphatic carbocycles. The number of nitrogens with zero attached hydrogens (tertiary/aromatic N) is 1. The average Bonchev–Trinajstić information content (AvgIpc) is 3.32. The highest BCUT2D eigenvalue weighted by Crippen LogP contribution is 2.50. The Hall–Kier alpha value is -4.12. The number of carbonyl (C=O) groups excluding carboxylic acids is 1. The number of amides is 1. The van der Waals surface area contributed by atoms with Crippen molar-refractivity contribution in [2.24, 2.45) is 0 Å². The first-order chi connectivity index (χ1) is 16.7. The van der Waals surface area contributed by atoms with Crippen molar-refractivity contribution in [1.82, 2.24) is 4.98 Å². The maximum atomic E-state index is 12.7. The molecular weight excluding hydrogens is 470 g/mol. The number of rotatable bonds is 8. The molecule has 0 saturated carbocycles. The molecule has 0 bridgehead atoms. The molecule has 0 aliphatic rings. The molecule has 0 aliphatic heterocycles. The lowest BCUT2D eigenvalue weighted by Crippen LogP contribution is -2.16. The van der Waals surface area contributed by atoms with Crippen LogP contribution in [0.1, 0.15) is 21.8 Å². The fraction of sp³-hybridized carbons (Fsp3) is 0.0800. The fourth-order valence-corrected chi connectivity index (χ4v) is 4.72. The smallest absolute Gasteiger partial charge is 0.311 e. The number of carboxylic acids is 1. The normalized spacial score (nSPS) is 11.6. The number of aryl methyl sites for hydroxylation is 1. The number of nitrogens with one attached hydrogen (secondary N) is 2. The highest BCUT2D eigenvalue weighted by Gasteiger charge is 2.23. The van der Waals surface area contributed by atoms with E-state index in [2.05, 4.69) is 15.0 Å². The van der Waals surface area contributed by atoms with E-state index in [1.165, 1.54) is 24.4 Å². The van der Waals surface area contributed by atoms with E-state index in [-0.39, 0.29) is 22.0 Å². The average molecular weight is 494 g/mol. The number of carbonyl (C=O) groups is 2. The van der Waals surface area contributed by atoms with Gasteiger partial charge in [-0.3, -0.25) is 23.4 Å². The number of hydrogen-bond donors (Lipinski definition) is 5. The second kappa shape index (κ2) is 10.0. The molecule has 0 spiro atoms. The van der Waals surface area contributed by atoms with Crippen molar-refractivity contribution in [1.29, 1.82) is 0 Å². The van der Waals surface area contributed by atoms with E-state index in [9.17, 15) is 23.8 Å². The van der Waals surface area contributed by atoms with Crippen LogP contribution in [0.15, 0.2) is 88.3 Å². The summed E-state index contributed by atoms with van der Waals surface area (Å²) in [5.41, 5.74) is 2.60. The first-order valence-corrected chi connectivity index (χ1v) is 12.1. The van der Waals surface area contributed by atoms with Crippen LogP contribution in [0.5, 0.6) is 0 Å². The number of aliphatic carboxylic acids is 1. The van der Waals surface area contributed by atoms with Gasteiger partial charge in [0.2, 0.25) is 0 Å². The van der Waals surface area contributed by atoms with Crippen LogP contribution < -0.4 is 10.0 Å². The van der Waals surface area contributed by atoms with E-state index >= 15 is 0 Å². The van der Waals surface area contributed by atoms with Gasteiger partial charge in [0, 0.05) is 11.3 Å². The van der Waals surface area contributed by atoms with Gasteiger partial charge in [-0.2, -0.15) is 0 Å². The Morgan fingerprint density at radius 1 is 0.971 bits per heavy atom. The highest BCUT2D eigenvalue weighted by atomic mass is 32.3. The summed E-state index contributed by atoms with van der Waals surface area (Å²) in [7, 11) is -3.66. The predicted octanol–water partition coefficient (Wildman–Crippen LogP) is 5.67. The van der Waals surface area contributed by atoms with Crippen LogP contribution in [-0.2, 0) is 11.2 Å². The molecule has 1 aromatic heterocycles. The largest absolute Gasteiger partial charge is 0.481 e. The summed E-state index contributed by atoms with van der Waals surface area (Å²) < 4.78 is 30.0. The fourth-order valence-electron chi connectivity index (χ4n) is 3.35. The van der Waals surface area contributed by atoms with Crippen molar-refractivity contribution in [3.8, 4) is 11.3 Å². The maximum absolute atomic E-state index is 12.7. The van der Waals surface area contributed by atoms with Crippen LogP contribution in [0.3, 0.4) is 0 Å². The van der Waals surface area contributed by atoms with Gasteiger partial charge in [0.1, 0.15) is 0 Å². The number of oxazole rings is 1. The number of aromatic nitrogens is 1. The van der Waals surface area contributed by atoms with E-state index in [1.54, 1.807) is 24.3 Å². The molecule has 1 amide bonds. The third-order valence-corrected chi connectivity index (χ3v) is 6.56. The zero-order valence-electron chi connectivity index (χ0n) is 18.6.